The molecule has 24 heavy (non-hydrogen) atoms. The summed E-state index contributed by atoms with van der Waals surface area (Å²) < 4.78 is 10.3. The molecule has 3 rings (SSSR count). The van der Waals surface area contributed by atoms with Gasteiger partial charge in [-0.2, -0.15) is 0 Å². The molecule has 1 unspecified atom stereocenters. The summed E-state index contributed by atoms with van der Waals surface area (Å²) in [6.07, 6.45) is 0.309. The second-order valence-electron chi connectivity index (χ2n) is 5.30. The Morgan fingerprint density at radius 2 is 2.12 bits per heavy atom. The zero-order valence-electron chi connectivity index (χ0n) is 12.8. The third-order valence-corrected chi connectivity index (χ3v) is 3.73. The molecule has 1 aromatic heterocycles. The summed E-state index contributed by atoms with van der Waals surface area (Å²) in [6, 6.07) is 5.52. The van der Waals surface area contributed by atoms with E-state index in [2.05, 4.69) is 10.6 Å². The van der Waals surface area contributed by atoms with Crippen LogP contribution in [0.15, 0.2) is 33.5 Å². The van der Waals surface area contributed by atoms with Gasteiger partial charge in [0.05, 0.1) is 7.11 Å². The molecule has 0 saturated carbocycles. The van der Waals surface area contributed by atoms with Crippen LogP contribution in [0.4, 0.5) is 0 Å². The number of methoxy groups -OCH3 is 1. The lowest BCUT2D eigenvalue weighted by Crippen LogP contribution is -2.52. The molecule has 1 aliphatic heterocycles. The Morgan fingerprint density at radius 3 is 2.83 bits per heavy atom. The van der Waals surface area contributed by atoms with E-state index in [1.54, 1.807) is 18.2 Å². The molecular weight excluding hydrogens is 316 g/mol. The average molecular weight is 330 g/mol. The Bertz CT molecular complexity index is 901. The second-order valence-corrected chi connectivity index (χ2v) is 5.30. The lowest BCUT2D eigenvalue weighted by atomic mass is 10.1. The van der Waals surface area contributed by atoms with Crippen LogP contribution in [0.2, 0.25) is 0 Å². The summed E-state index contributed by atoms with van der Waals surface area (Å²) in [6.45, 7) is 0. The molecule has 124 valence electrons. The van der Waals surface area contributed by atoms with E-state index in [1.807, 2.05) is 0 Å². The fraction of sp³-hybridized carbons (Fsp3) is 0.250. The summed E-state index contributed by atoms with van der Waals surface area (Å²) >= 11 is 0. The number of ether oxygens (including phenoxy) is 1. The number of carbonyl (C=O) groups excluding carboxylic acids is 3. The van der Waals surface area contributed by atoms with Crippen LogP contribution in [0.5, 0.6) is 5.75 Å². The lowest BCUT2D eigenvalue weighted by Gasteiger charge is -2.21. The largest absolute Gasteiger partial charge is 0.493 e. The van der Waals surface area contributed by atoms with E-state index in [4.69, 9.17) is 9.15 Å². The molecule has 8 nitrogen and oxygen atoms in total. The normalized spacial score (nSPS) is 17.5. The third-order valence-electron chi connectivity index (χ3n) is 3.73. The fourth-order valence-corrected chi connectivity index (χ4v) is 2.50. The van der Waals surface area contributed by atoms with Gasteiger partial charge < -0.3 is 14.5 Å². The molecule has 0 radical (unpaired) electrons. The van der Waals surface area contributed by atoms with Crippen molar-refractivity contribution in [2.24, 2.45) is 0 Å². The van der Waals surface area contributed by atoms with Crippen molar-refractivity contribution >= 4 is 28.7 Å². The van der Waals surface area contributed by atoms with Gasteiger partial charge >= 0.3 is 5.63 Å². The molecule has 0 spiro atoms. The maximum absolute atomic E-state index is 12.3. The van der Waals surface area contributed by atoms with Crippen molar-refractivity contribution in [3.63, 3.8) is 0 Å². The van der Waals surface area contributed by atoms with E-state index in [0.717, 1.165) is 0 Å². The van der Waals surface area contributed by atoms with Gasteiger partial charge in [-0.25, -0.2) is 4.79 Å². The van der Waals surface area contributed by atoms with Crippen LogP contribution in [0.1, 0.15) is 23.2 Å². The van der Waals surface area contributed by atoms with Gasteiger partial charge in [-0.3, -0.25) is 19.7 Å². The summed E-state index contributed by atoms with van der Waals surface area (Å²) in [5, 5.41) is 5.10. The monoisotopic (exact) mass is 330 g/mol. The molecule has 3 amide bonds. The first kappa shape index (κ1) is 15.7. The van der Waals surface area contributed by atoms with Gasteiger partial charge in [0.1, 0.15) is 11.6 Å². The topological polar surface area (TPSA) is 115 Å². The van der Waals surface area contributed by atoms with Crippen LogP contribution in [0.25, 0.3) is 11.0 Å². The molecule has 0 aliphatic carbocycles. The highest BCUT2D eigenvalue weighted by Crippen LogP contribution is 2.24. The van der Waals surface area contributed by atoms with Gasteiger partial charge in [-0.05, 0) is 18.6 Å². The third kappa shape index (κ3) is 2.85. The van der Waals surface area contributed by atoms with Crippen molar-refractivity contribution in [2.45, 2.75) is 18.9 Å². The number of para-hydroxylation sites is 1. The zero-order chi connectivity index (χ0) is 17.3. The molecule has 1 fully saturated rings. The van der Waals surface area contributed by atoms with Crippen molar-refractivity contribution in [3.8, 4) is 5.75 Å². The van der Waals surface area contributed by atoms with E-state index in [9.17, 15) is 19.2 Å². The van der Waals surface area contributed by atoms with E-state index >= 15 is 0 Å². The molecule has 1 aliphatic rings. The van der Waals surface area contributed by atoms with Crippen molar-refractivity contribution < 1.29 is 23.5 Å². The highest BCUT2D eigenvalue weighted by Gasteiger charge is 2.29. The van der Waals surface area contributed by atoms with Crippen molar-refractivity contribution in [2.75, 3.05) is 7.11 Å². The van der Waals surface area contributed by atoms with Crippen LogP contribution in [-0.4, -0.2) is 30.9 Å². The first-order valence-electron chi connectivity index (χ1n) is 7.25. The second kappa shape index (κ2) is 6.15. The maximum Gasteiger partial charge on any atom is 0.349 e. The highest BCUT2D eigenvalue weighted by atomic mass is 16.5. The van der Waals surface area contributed by atoms with E-state index in [-0.39, 0.29) is 29.9 Å². The van der Waals surface area contributed by atoms with Gasteiger partial charge in [0.2, 0.25) is 11.8 Å². The number of amides is 3. The summed E-state index contributed by atoms with van der Waals surface area (Å²) in [5.41, 5.74) is -0.820. The van der Waals surface area contributed by atoms with Crippen LogP contribution in [-0.2, 0) is 9.59 Å². The lowest BCUT2D eigenvalue weighted by molar-refractivity contribution is -0.134. The minimum absolute atomic E-state index is 0.125. The highest BCUT2D eigenvalue weighted by molar-refractivity contribution is 6.04. The first-order chi connectivity index (χ1) is 11.5. The standard InChI is InChI=1S/C16H14N2O6/c1-23-11-4-2-3-8-7-9(16(22)24-13(8)11)14(20)17-10-5-6-12(19)18-15(10)21/h2-4,7,10H,5-6H2,1H3,(H,17,20)(H,18,19,21). The molecule has 2 heterocycles. The molecule has 1 aromatic carbocycles. The molecule has 1 saturated heterocycles. The number of fused-ring (bicyclic) bond motifs is 1. The summed E-state index contributed by atoms with van der Waals surface area (Å²) in [7, 11) is 1.44. The Kier molecular flexibility index (Phi) is 4.03. The van der Waals surface area contributed by atoms with E-state index in [1.165, 1.54) is 13.2 Å². The molecular formula is C16H14N2O6. The number of carbonyl (C=O) groups is 3. The average Bonchev–Trinajstić information content (AvgIpc) is 2.56. The summed E-state index contributed by atoms with van der Waals surface area (Å²) in [4.78, 5) is 47.2. The van der Waals surface area contributed by atoms with Gasteiger partial charge in [0.25, 0.3) is 5.91 Å². The Hall–Kier alpha value is -3.16. The SMILES string of the molecule is COc1cccc2cc(C(=O)NC3CCC(=O)NC3=O)c(=O)oc12. The Morgan fingerprint density at radius 1 is 1.33 bits per heavy atom. The summed E-state index contributed by atoms with van der Waals surface area (Å²) in [5.74, 6) is -1.33. The number of imide groups is 1. The number of hydrogen-bond donors (Lipinski definition) is 2. The molecule has 2 N–H and O–H groups in total. The minimum atomic E-state index is -0.865. The Balaban J connectivity index is 1.90. The van der Waals surface area contributed by atoms with Crippen molar-refractivity contribution in [1.82, 2.24) is 10.6 Å². The number of rotatable bonds is 3. The Labute approximate surface area is 135 Å². The van der Waals surface area contributed by atoms with Crippen molar-refractivity contribution in [1.29, 1.82) is 0 Å². The molecule has 8 heteroatoms. The van der Waals surface area contributed by atoms with Gasteiger partial charge in [0.15, 0.2) is 11.3 Å². The van der Waals surface area contributed by atoms with E-state index < -0.39 is 23.5 Å². The quantitative estimate of drug-likeness (QED) is 0.619. The first-order valence-corrected chi connectivity index (χ1v) is 7.25. The van der Waals surface area contributed by atoms with Crippen LogP contribution in [0.3, 0.4) is 0 Å². The van der Waals surface area contributed by atoms with Crippen LogP contribution >= 0.6 is 0 Å². The maximum atomic E-state index is 12.3. The fourth-order valence-electron chi connectivity index (χ4n) is 2.50. The molecule has 1 atom stereocenters. The van der Waals surface area contributed by atoms with Gasteiger partial charge in [-0.1, -0.05) is 12.1 Å². The van der Waals surface area contributed by atoms with Gasteiger partial charge in [0, 0.05) is 11.8 Å². The number of nitrogens with one attached hydrogen (secondary N) is 2. The van der Waals surface area contributed by atoms with Gasteiger partial charge in [-0.15, -0.1) is 0 Å². The smallest absolute Gasteiger partial charge is 0.349 e. The molecule has 2 aromatic rings. The van der Waals surface area contributed by atoms with Crippen LogP contribution in [0, 0.1) is 0 Å². The zero-order valence-corrected chi connectivity index (χ0v) is 12.8. The molecule has 0 bridgehead atoms. The minimum Gasteiger partial charge on any atom is -0.493 e. The predicted molar refractivity (Wildman–Crippen MR) is 82.7 cm³/mol. The number of hydrogen-bond acceptors (Lipinski definition) is 6. The number of benzene rings is 1. The van der Waals surface area contributed by atoms with Crippen LogP contribution < -0.4 is 21.0 Å². The van der Waals surface area contributed by atoms with Crippen molar-refractivity contribution in [3.05, 3.63) is 40.2 Å². The van der Waals surface area contributed by atoms with E-state index in [0.29, 0.717) is 11.1 Å². The number of piperidine rings is 1. The predicted octanol–water partition coefficient (Wildman–Crippen LogP) is 0.337.